The molecule has 0 spiro atoms. The summed E-state index contributed by atoms with van der Waals surface area (Å²) >= 11 is 0. The second-order valence-electron chi connectivity index (χ2n) is 4.35. The molecule has 0 saturated carbocycles. The first-order valence-corrected chi connectivity index (χ1v) is 6.56. The van der Waals surface area contributed by atoms with Gasteiger partial charge >= 0.3 is 0 Å². The van der Waals surface area contributed by atoms with Crippen molar-refractivity contribution in [1.29, 1.82) is 0 Å². The SMILES string of the molecule is CCN(CCO)c1ccc(NC(=O)C(C)NC)cc1. The van der Waals surface area contributed by atoms with Crippen LogP contribution >= 0.6 is 0 Å². The smallest absolute Gasteiger partial charge is 0.241 e. The van der Waals surface area contributed by atoms with Crippen molar-refractivity contribution in [2.24, 2.45) is 0 Å². The molecule has 1 unspecified atom stereocenters. The Morgan fingerprint density at radius 3 is 2.47 bits per heavy atom. The number of nitrogens with one attached hydrogen (secondary N) is 2. The number of hydrogen-bond acceptors (Lipinski definition) is 4. The minimum absolute atomic E-state index is 0.0574. The van der Waals surface area contributed by atoms with E-state index in [1.807, 2.05) is 38.1 Å². The highest BCUT2D eigenvalue weighted by molar-refractivity contribution is 5.94. The molecule has 0 saturated heterocycles. The van der Waals surface area contributed by atoms with Crippen LogP contribution in [0.15, 0.2) is 24.3 Å². The van der Waals surface area contributed by atoms with Crippen LogP contribution in [0.1, 0.15) is 13.8 Å². The summed E-state index contributed by atoms with van der Waals surface area (Å²) < 4.78 is 0. The number of aliphatic hydroxyl groups is 1. The van der Waals surface area contributed by atoms with E-state index < -0.39 is 0 Å². The summed E-state index contributed by atoms with van der Waals surface area (Å²) in [6.07, 6.45) is 0. The van der Waals surface area contributed by atoms with Crippen LogP contribution in [0.3, 0.4) is 0 Å². The van der Waals surface area contributed by atoms with Gasteiger partial charge in [-0.2, -0.15) is 0 Å². The predicted molar refractivity (Wildman–Crippen MR) is 78.6 cm³/mol. The van der Waals surface area contributed by atoms with Crippen molar-refractivity contribution in [3.8, 4) is 0 Å². The molecule has 0 aliphatic carbocycles. The van der Waals surface area contributed by atoms with Crippen molar-refractivity contribution in [1.82, 2.24) is 5.32 Å². The maximum Gasteiger partial charge on any atom is 0.241 e. The van der Waals surface area contributed by atoms with E-state index in [0.717, 1.165) is 17.9 Å². The standard InChI is InChI=1S/C14H23N3O2/c1-4-17(9-10-18)13-7-5-12(6-8-13)16-14(19)11(2)15-3/h5-8,11,15,18H,4,9-10H2,1-3H3,(H,16,19). The Kier molecular flexibility index (Phi) is 6.32. The van der Waals surface area contributed by atoms with Crippen LogP contribution in [-0.2, 0) is 4.79 Å². The van der Waals surface area contributed by atoms with Gasteiger partial charge in [0, 0.05) is 24.5 Å². The number of carbonyl (C=O) groups excluding carboxylic acids is 1. The molecule has 0 fully saturated rings. The summed E-state index contributed by atoms with van der Waals surface area (Å²) in [4.78, 5) is 13.8. The van der Waals surface area contributed by atoms with E-state index in [9.17, 15) is 4.79 Å². The van der Waals surface area contributed by atoms with Crippen LogP contribution in [0.25, 0.3) is 0 Å². The molecule has 0 aliphatic heterocycles. The largest absolute Gasteiger partial charge is 0.395 e. The van der Waals surface area contributed by atoms with Gasteiger partial charge in [-0.25, -0.2) is 0 Å². The van der Waals surface area contributed by atoms with Gasteiger partial charge in [-0.15, -0.1) is 0 Å². The lowest BCUT2D eigenvalue weighted by Crippen LogP contribution is -2.35. The Bertz CT molecular complexity index is 392. The van der Waals surface area contributed by atoms with Gasteiger partial charge in [-0.1, -0.05) is 0 Å². The van der Waals surface area contributed by atoms with Crippen LogP contribution in [0.2, 0.25) is 0 Å². The van der Waals surface area contributed by atoms with E-state index in [1.54, 1.807) is 7.05 Å². The summed E-state index contributed by atoms with van der Waals surface area (Å²) in [6, 6.07) is 7.41. The van der Waals surface area contributed by atoms with Crippen LogP contribution < -0.4 is 15.5 Å². The third-order valence-corrected chi connectivity index (χ3v) is 3.08. The molecule has 0 radical (unpaired) electrons. The molecule has 1 aromatic rings. The number of carbonyl (C=O) groups is 1. The number of benzene rings is 1. The number of likely N-dealkylation sites (N-methyl/N-ethyl adjacent to an activating group) is 2. The van der Waals surface area contributed by atoms with Gasteiger partial charge in [0.1, 0.15) is 0 Å². The van der Waals surface area contributed by atoms with Crippen molar-refractivity contribution >= 4 is 17.3 Å². The molecule has 0 heterocycles. The highest BCUT2D eigenvalue weighted by Crippen LogP contribution is 2.17. The number of rotatable bonds is 7. The highest BCUT2D eigenvalue weighted by Gasteiger charge is 2.10. The maximum absolute atomic E-state index is 11.7. The Morgan fingerprint density at radius 1 is 1.37 bits per heavy atom. The fourth-order valence-electron chi connectivity index (χ4n) is 1.73. The van der Waals surface area contributed by atoms with Crippen molar-refractivity contribution in [3.05, 3.63) is 24.3 Å². The highest BCUT2D eigenvalue weighted by atomic mass is 16.3. The third-order valence-electron chi connectivity index (χ3n) is 3.08. The van der Waals surface area contributed by atoms with Gasteiger partial charge in [0.15, 0.2) is 0 Å². The zero-order valence-electron chi connectivity index (χ0n) is 11.8. The molecule has 1 rings (SSSR count). The lowest BCUT2D eigenvalue weighted by Gasteiger charge is -2.22. The summed E-state index contributed by atoms with van der Waals surface area (Å²) in [5.41, 5.74) is 1.81. The van der Waals surface area contributed by atoms with Gasteiger partial charge < -0.3 is 20.6 Å². The van der Waals surface area contributed by atoms with Crippen molar-refractivity contribution in [2.75, 3.05) is 37.0 Å². The predicted octanol–water partition coefficient (Wildman–Crippen LogP) is 1.05. The number of anilines is 2. The Labute approximate surface area is 114 Å². The van der Waals surface area contributed by atoms with E-state index >= 15 is 0 Å². The molecule has 19 heavy (non-hydrogen) atoms. The molecule has 106 valence electrons. The Morgan fingerprint density at radius 2 is 2.00 bits per heavy atom. The first kappa shape index (κ1) is 15.5. The number of amides is 1. The summed E-state index contributed by atoms with van der Waals surface area (Å²) in [7, 11) is 1.75. The van der Waals surface area contributed by atoms with Gasteiger partial charge in [-0.05, 0) is 45.2 Å². The molecule has 5 nitrogen and oxygen atoms in total. The summed E-state index contributed by atoms with van der Waals surface area (Å²) in [5, 5.41) is 14.7. The lowest BCUT2D eigenvalue weighted by molar-refractivity contribution is -0.117. The first-order valence-electron chi connectivity index (χ1n) is 6.56. The summed E-state index contributed by atoms with van der Waals surface area (Å²) in [6.45, 7) is 5.43. The van der Waals surface area contributed by atoms with Crippen molar-refractivity contribution in [2.45, 2.75) is 19.9 Å². The van der Waals surface area contributed by atoms with E-state index in [4.69, 9.17) is 5.11 Å². The Hall–Kier alpha value is -1.59. The minimum Gasteiger partial charge on any atom is -0.395 e. The van der Waals surface area contributed by atoms with Crippen LogP contribution in [0.4, 0.5) is 11.4 Å². The average Bonchev–Trinajstić information content (AvgIpc) is 2.44. The van der Waals surface area contributed by atoms with E-state index in [0.29, 0.717) is 6.54 Å². The molecule has 0 aliphatic rings. The molecule has 3 N–H and O–H groups in total. The lowest BCUT2D eigenvalue weighted by atomic mass is 10.2. The van der Waals surface area contributed by atoms with Crippen LogP contribution in [0.5, 0.6) is 0 Å². The van der Waals surface area contributed by atoms with Gasteiger partial charge in [-0.3, -0.25) is 4.79 Å². The molecular weight excluding hydrogens is 242 g/mol. The molecule has 0 bridgehead atoms. The van der Waals surface area contributed by atoms with E-state index in [1.165, 1.54) is 0 Å². The van der Waals surface area contributed by atoms with Gasteiger partial charge in [0.25, 0.3) is 0 Å². The normalized spacial score (nSPS) is 12.0. The number of aliphatic hydroxyl groups excluding tert-OH is 1. The molecule has 1 amide bonds. The number of nitrogens with zero attached hydrogens (tertiary/aromatic N) is 1. The Balaban J connectivity index is 2.68. The second-order valence-corrected chi connectivity index (χ2v) is 4.35. The second kappa shape index (κ2) is 7.76. The fourth-order valence-corrected chi connectivity index (χ4v) is 1.73. The van der Waals surface area contributed by atoms with Crippen LogP contribution in [-0.4, -0.2) is 43.8 Å². The van der Waals surface area contributed by atoms with Gasteiger partial charge in [0.05, 0.1) is 12.6 Å². The first-order chi connectivity index (χ1) is 9.12. The maximum atomic E-state index is 11.7. The molecular formula is C14H23N3O2. The zero-order valence-corrected chi connectivity index (χ0v) is 11.8. The molecule has 1 atom stereocenters. The van der Waals surface area contributed by atoms with Crippen molar-refractivity contribution in [3.63, 3.8) is 0 Å². The fraction of sp³-hybridized carbons (Fsp3) is 0.500. The topological polar surface area (TPSA) is 64.6 Å². The molecule has 5 heteroatoms. The van der Waals surface area contributed by atoms with E-state index in [-0.39, 0.29) is 18.6 Å². The molecule has 1 aromatic carbocycles. The molecule has 0 aromatic heterocycles. The quantitative estimate of drug-likeness (QED) is 0.689. The minimum atomic E-state index is -0.221. The zero-order chi connectivity index (χ0) is 14.3. The van der Waals surface area contributed by atoms with Crippen LogP contribution in [0, 0.1) is 0 Å². The van der Waals surface area contributed by atoms with E-state index in [2.05, 4.69) is 15.5 Å². The van der Waals surface area contributed by atoms with Gasteiger partial charge in [0.2, 0.25) is 5.91 Å². The monoisotopic (exact) mass is 265 g/mol. The van der Waals surface area contributed by atoms with Crippen molar-refractivity contribution < 1.29 is 9.90 Å². The average molecular weight is 265 g/mol. The third kappa shape index (κ3) is 4.54. The summed E-state index contributed by atoms with van der Waals surface area (Å²) in [5.74, 6) is -0.0574. The number of hydrogen-bond donors (Lipinski definition) is 3.